The summed E-state index contributed by atoms with van der Waals surface area (Å²) in [6.07, 6.45) is 0. The van der Waals surface area contributed by atoms with Gasteiger partial charge < -0.3 is 0 Å². The first-order valence-corrected chi connectivity index (χ1v) is 5.97. The van der Waals surface area contributed by atoms with E-state index in [0.717, 1.165) is 0 Å². The molecule has 3 nitrogen and oxygen atoms in total. The summed E-state index contributed by atoms with van der Waals surface area (Å²) in [5, 5.41) is 0.172. The fourth-order valence-corrected chi connectivity index (χ4v) is 2.56. The highest BCUT2D eigenvalue weighted by atomic mass is 32.2. The Kier molecular flexibility index (Phi) is 2.83. The lowest BCUT2D eigenvalue weighted by molar-refractivity contribution is 0.290. The fourth-order valence-electron chi connectivity index (χ4n) is 1.10. The second kappa shape index (κ2) is 3.33. The SMILES string of the molecule is CC(S)N1CCS(=O)(=O)CC1. The molecule has 0 bridgehead atoms. The predicted octanol–water partition coefficient (Wildman–Crippen LogP) is -0.00740. The molecule has 0 amide bonds. The van der Waals surface area contributed by atoms with Gasteiger partial charge in [-0.2, -0.15) is 12.6 Å². The maximum atomic E-state index is 11.0. The molecule has 1 aliphatic rings. The van der Waals surface area contributed by atoms with Gasteiger partial charge in [0.2, 0.25) is 0 Å². The molecule has 0 aromatic rings. The maximum Gasteiger partial charge on any atom is 0.152 e. The number of nitrogens with zero attached hydrogens (tertiary/aromatic N) is 1. The van der Waals surface area contributed by atoms with Crippen LogP contribution in [-0.2, 0) is 9.84 Å². The van der Waals surface area contributed by atoms with Crippen LogP contribution < -0.4 is 0 Å². The molecule has 66 valence electrons. The van der Waals surface area contributed by atoms with Crippen molar-refractivity contribution in [2.45, 2.75) is 12.3 Å². The Hall–Kier alpha value is 0.260. The minimum Gasteiger partial charge on any atom is -0.290 e. The van der Waals surface area contributed by atoms with Gasteiger partial charge >= 0.3 is 0 Å². The molecular weight excluding hydrogens is 182 g/mol. The first-order chi connectivity index (χ1) is 5.01. The molecule has 0 aliphatic carbocycles. The molecule has 5 heteroatoms. The highest BCUT2D eigenvalue weighted by Crippen LogP contribution is 2.09. The highest BCUT2D eigenvalue weighted by molar-refractivity contribution is 7.91. The Morgan fingerprint density at radius 2 is 1.82 bits per heavy atom. The van der Waals surface area contributed by atoms with Crippen molar-refractivity contribution in [2.75, 3.05) is 24.6 Å². The molecule has 1 unspecified atom stereocenters. The van der Waals surface area contributed by atoms with E-state index >= 15 is 0 Å². The van der Waals surface area contributed by atoms with Crippen molar-refractivity contribution in [3.8, 4) is 0 Å². The van der Waals surface area contributed by atoms with Crippen LogP contribution in [0.5, 0.6) is 0 Å². The fraction of sp³-hybridized carbons (Fsp3) is 1.00. The van der Waals surface area contributed by atoms with Crippen molar-refractivity contribution in [3.05, 3.63) is 0 Å². The zero-order chi connectivity index (χ0) is 8.48. The molecule has 0 saturated carbocycles. The monoisotopic (exact) mass is 195 g/mol. The average Bonchev–Trinajstić information content (AvgIpc) is 1.86. The third-order valence-corrected chi connectivity index (χ3v) is 3.84. The lowest BCUT2D eigenvalue weighted by Gasteiger charge is -2.29. The number of hydrogen-bond donors (Lipinski definition) is 1. The Morgan fingerprint density at radius 3 is 2.18 bits per heavy atom. The van der Waals surface area contributed by atoms with Crippen molar-refractivity contribution in [1.29, 1.82) is 0 Å². The van der Waals surface area contributed by atoms with E-state index in [-0.39, 0.29) is 16.9 Å². The van der Waals surface area contributed by atoms with Gasteiger partial charge in [0.1, 0.15) is 0 Å². The Bertz CT molecular complexity index is 209. The Balaban J connectivity index is 2.49. The molecule has 0 N–H and O–H groups in total. The topological polar surface area (TPSA) is 37.4 Å². The van der Waals surface area contributed by atoms with Gasteiger partial charge in [0.05, 0.1) is 11.5 Å². The molecule has 1 rings (SSSR count). The van der Waals surface area contributed by atoms with Crippen LogP contribution in [0.3, 0.4) is 0 Å². The van der Waals surface area contributed by atoms with Crippen LogP contribution in [-0.4, -0.2) is 43.3 Å². The van der Waals surface area contributed by atoms with Crippen LogP contribution in [0.25, 0.3) is 0 Å². The van der Waals surface area contributed by atoms with Crippen LogP contribution in [0.15, 0.2) is 0 Å². The molecule has 11 heavy (non-hydrogen) atoms. The summed E-state index contributed by atoms with van der Waals surface area (Å²) in [4.78, 5) is 2.06. The van der Waals surface area contributed by atoms with Gasteiger partial charge in [-0.3, -0.25) is 4.90 Å². The molecule has 1 heterocycles. The van der Waals surface area contributed by atoms with E-state index in [4.69, 9.17) is 0 Å². The predicted molar refractivity (Wildman–Crippen MR) is 48.7 cm³/mol. The summed E-state index contributed by atoms with van der Waals surface area (Å²) in [6.45, 7) is 3.22. The summed E-state index contributed by atoms with van der Waals surface area (Å²) in [6, 6.07) is 0. The van der Waals surface area contributed by atoms with E-state index in [1.807, 2.05) is 6.92 Å². The van der Waals surface area contributed by atoms with Crippen molar-refractivity contribution in [1.82, 2.24) is 4.90 Å². The zero-order valence-corrected chi connectivity index (χ0v) is 8.24. The molecule has 0 aromatic carbocycles. The van der Waals surface area contributed by atoms with E-state index < -0.39 is 9.84 Å². The molecule has 1 atom stereocenters. The summed E-state index contributed by atoms with van der Waals surface area (Å²) in [5.74, 6) is 0.579. The Morgan fingerprint density at radius 1 is 1.36 bits per heavy atom. The first-order valence-electron chi connectivity index (χ1n) is 3.64. The number of rotatable bonds is 1. The van der Waals surface area contributed by atoms with Crippen molar-refractivity contribution in [3.63, 3.8) is 0 Å². The zero-order valence-electron chi connectivity index (χ0n) is 6.52. The van der Waals surface area contributed by atoms with Gasteiger partial charge in [0, 0.05) is 18.5 Å². The van der Waals surface area contributed by atoms with Crippen LogP contribution in [0.4, 0.5) is 0 Å². The maximum absolute atomic E-state index is 11.0. The van der Waals surface area contributed by atoms with E-state index in [1.54, 1.807) is 0 Å². The van der Waals surface area contributed by atoms with Gasteiger partial charge in [-0.25, -0.2) is 8.42 Å². The lowest BCUT2D eigenvalue weighted by Crippen LogP contribution is -2.42. The second-order valence-electron chi connectivity index (χ2n) is 2.82. The summed E-state index contributed by atoms with van der Waals surface area (Å²) in [5.41, 5.74) is 0. The standard InChI is InChI=1S/C6H13NO2S2/c1-6(10)7-2-4-11(8,9)5-3-7/h6,10H,2-5H2,1H3. The minimum atomic E-state index is -2.72. The molecule has 0 radical (unpaired) electrons. The van der Waals surface area contributed by atoms with Crippen LogP contribution in [0.1, 0.15) is 6.92 Å². The molecule has 1 saturated heterocycles. The molecule has 0 spiro atoms. The number of sulfone groups is 1. The first kappa shape index (κ1) is 9.35. The summed E-state index contributed by atoms with van der Waals surface area (Å²) >= 11 is 4.23. The highest BCUT2D eigenvalue weighted by Gasteiger charge is 2.22. The van der Waals surface area contributed by atoms with Gasteiger partial charge in [-0.1, -0.05) is 0 Å². The molecule has 0 aromatic heterocycles. The number of thiol groups is 1. The number of hydrogen-bond acceptors (Lipinski definition) is 4. The van der Waals surface area contributed by atoms with Crippen molar-refractivity contribution < 1.29 is 8.42 Å². The van der Waals surface area contributed by atoms with Gasteiger partial charge in [0.25, 0.3) is 0 Å². The molecule has 1 aliphatic heterocycles. The van der Waals surface area contributed by atoms with Crippen molar-refractivity contribution >= 4 is 22.5 Å². The van der Waals surface area contributed by atoms with Gasteiger partial charge in [0.15, 0.2) is 9.84 Å². The average molecular weight is 195 g/mol. The van der Waals surface area contributed by atoms with Crippen LogP contribution >= 0.6 is 12.6 Å². The minimum absolute atomic E-state index is 0.172. The smallest absolute Gasteiger partial charge is 0.152 e. The quantitative estimate of drug-likeness (QED) is 0.598. The second-order valence-corrected chi connectivity index (χ2v) is 5.87. The van der Waals surface area contributed by atoms with Gasteiger partial charge in [-0.15, -0.1) is 0 Å². The largest absolute Gasteiger partial charge is 0.290 e. The van der Waals surface area contributed by atoms with Gasteiger partial charge in [-0.05, 0) is 6.92 Å². The Labute approximate surface area is 73.1 Å². The van der Waals surface area contributed by atoms with E-state index in [0.29, 0.717) is 13.1 Å². The van der Waals surface area contributed by atoms with Crippen LogP contribution in [0.2, 0.25) is 0 Å². The summed E-state index contributed by atoms with van der Waals surface area (Å²) in [7, 11) is -2.72. The summed E-state index contributed by atoms with van der Waals surface area (Å²) < 4.78 is 21.9. The van der Waals surface area contributed by atoms with E-state index in [1.165, 1.54) is 0 Å². The third kappa shape index (κ3) is 2.65. The van der Waals surface area contributed by atoms with E-state index in [9.17, 15) is 8.42 Å². The lowest BCUT2D eigenvalue weighted by atomic mass is 10.5. The van der Waals surface area contributed by atoms with E-state index in [2.05, 4.69) is 17.5 Å². The van der Waals surface area contributed by atoms with Crippen molar-refractivity contribution in [2.24, 2.45) is 0 Å². The molecule has 1 fully saturated rings. The third-order valence-electron chi connectivity index (χ3n) is 1.91. The van der Waals surface area contributed by atoms with Crippen LogP contribution in [0, 0.1) is 0 Å². The molecular formula is C6H13NO2S2. The normalized spacial score (nSPS) is 28.2.